The molecule has 3 saturated heterocycles. The summed E-state index contributed by atoms with van der Waals surface area (Å²) >= 11 is 2.13. The Balaban J connectivity index is 1.24. The lowest BCUT2D eigenvalue weighted by Crippen LogP contribution is -2.62. The number of aromatic nitrogens is 1. The average molecular weight is 334 g/mol. The highest BCUT2D eigenvalue weighted by atomic mass is 32.2. The highest BCUT2D eigenvalue weighted by molar-refractivity contribution is 8.01. The fraction of sp³-hybridized carbons (Fsp3) is 0.722. The third-order valence-corrected chi connectivity index (χ3v) is 6.85. The molecular formula is C18H26N2O2S. The van der Waals surface area contributed by atoms with Crippen LogP contribution in [0.1, 0.15) is 30.7 Å². The summed E-state index contributed by atoms with van der Waals surface area (Å²) in [5.41, 5.74) is 2.11. The number of hydrogen-bond acceptors (Lipinski definition) is 5. The first-order valence-electron chi connectivity index (χ1n) is 8.72. The summed E-state index contributed by atoms with van der Waals surface area (Å²) in [6, 6.07) is 6.90. The van der Waals surface area contributed by atoms with Crippen LogP contribution in [-0.4, -0.2) is 58.8 Å². The maximum absolute atomic E-state index is 6.13. The molecule has 1 aromatic rings. The number of hydrogen-bond donors (Lipinski definition) is 0. The van der Waals surface area contributed by atoms with Crippen LogP contribution < -0.4 is 0 Å². The lowest BCUT2D eigenvalue weighted by Gasteiger charge is -2.52. The summed E-state index contributed by atoms with van der Waals surface area (Å²) in [6.45, 7) is 7.04. The molecule has 4 heterocycles. The Morgan fingerprint density at radius 2 is 2.17 bits per heavy atom. The van der Waals surface area contributed by atoms with Crippen molar-refractivity contribution in [2.75, 3.05) is 32.1 Å². The molecule has 3 fully saturated rings. The standard InChI is InChI=1S/C18H26N2O2S/c1-14-3-2-4-15(19-14)10-22-17-9-18(23-11-17)12-20(13-18)16-5-7-21-8-6-16/h2-4,16-17H,5-13H2,1H3/t17-/m0/s1. The molecule has 1 atom stereocenters. The van der Waals surface area contributed by atoms with E-state index < -0.39 is 0 Å². The Morgan fingerprint density at radius 3 is 2.96 bits per heavy atom. The van der Waals surface area contributed by atoms with Crippen molar-refractivity contribution in [3.63, 3.8) is 0 Å². The van der Waals surface area contributed by atoms with Crippen LogP contribution in [0.2, 0.25) is 0 Å². The molecule has 5 heteroatoms. The molecule has 4 nitrogen and oxygen atoms in total. The third-order valence-electron chi connectivity index (χ3n) is 5.28. The molecule has 3 aliphatic rings. The number of nitrogens with zero attached hydrogens (tertiary/aromatic N) is 2. The van der Waals surface area contributed by atoms with Crippen molar-refractivity contribution in [2.45, 2.75) is 49.7 Å². The summed E-state index contributed by atoms with van der Waals surface area (Å²) in [6.07, 6.45) is 4.00. The largest absolute Gasteiger partial charge is 0.381 e. The van der Waals surface area contributed by atoms with Gasteiger partial charge in [0.25, 0.3) is 0 Å². The minimum atomic E-state index is 0.388. The monoisotopic (exact) mass is 334 g/mol. The van der Waals surface area contributed by atoms with E-state index in [9.17, 15) is 0 Å². The Labute approximate surface area is 142 Å². The molecule has 4 rings (SSSR count). The lowest BCUT2D eigenvalue weighted by atomic mass is 9.89. The smallest absolute Gasteiger partial charge is 0.0892 e. The molecule has 0 saturated carbocycles. The zero-order valence-corrected chi connectivity index (χ0v) is 14.7. The van der Waals surface area contributed by atoms with E-state index in [0.717, 1.165) is 36.4 Å². The van der Waals surface area contributed by atoms with Crippen molar-refractivity contribution in [3.05, 3.63) is 29.6 Å². The molecule has 23 heavy (non-hydrogen) atoms. The van der Waals surface area contributed by atoms with Crippen molar-refractivity contribution in [1.29, 1.82) is 0 Å². The Morgan fingerprint density at radius 1 is 1.35 bits per heavy atom. The van der Waals surface area contributed by atoms with Crippen LogP contribution in [-0.2, 0) is 16.1 Å². The number of thioether (sulfide) groups is 1. The van der Waals surface area contributed by atoms with Gasteiger partial charge in [0.15, 0.2) is 0 Å². The van der Waals surface area contributed by atoms with Gasteiger partial charge in [-0.15, -0.1) is 11.8 Å². The van der Waals surface area contributed by atoms with E-state index >= 15 is 0 Å². The summed E-state index contributed by atoms with van der Waals surface area (Å²) in [4.78, 5) is 7.19. The molecule has 1 aromatic heterocycles. The van der Waals surface area contributed by atoms with Gasteiger partial charge < -0.3 is 9.47 Å². The zero-order chi connectivity index (χ0) is 15.7. The average Bonchev–Trinajstić information content (AvgIpc) is 2.97. The van der Waals surface area contributed by atoms with Gasteiger partial charge in [0.2, 0.25) is 0 Å². The van der Waals surface area contributed by atoms with E-state index in [2.05, 4.69) is 33.8 Å². The Bertz CT molecular complexity index is 542. The maximum atomic E-state index is 6.13. The fourth-order valence-electron chi connectivity index (χ4n) is 4.02. The Hall–Kier alpha value is -0.620. The summed E-state index contributed by atoms with van der Waals surface area (Å²) in [7, 11) is 0. The van der Waals surface area contributed by atoms with Gasteiger partial charge in [0, 0.05) is 48.5 Å². The van der Waals surface area contributed by atoms with Gasteiger partial charge in [-0.25, -0.2) is 0 Å². The van der Waals surface area contributed by atoms with Gasteiger partial charge in [-0.05, 0) is 38.3 Å². The zero-order valence-electron chi connectivity index (χ0n) is 13.9. The van der Waals surface area contributed by atoms with E-state index in [0.29, 0.717) is 17.5 Å². The second-order valence-corrected chi connectivity index (χ2v) is 8.64. The summed E-state index contributed by atoms with van der Waals surface area (Å²) in [5, 5.41) is 0. The predicted molar refractivity (Wildman–Crippen MR) is 92.8 cm³/mol. The van der Waals surface area contributed by atoms with Gasteiger partial charge in [0.05, 0.1) is 18.4 Å². The lowest BCUT2D eigenvalue weighted by molar-refractivity contribution is -0.0195. The molecule has 1 spiro atoms. The van der Waals surface area contributed by atoms with Crippen LogP contribution in [0.4, 0.5) is 0 Å². The van der Waals surface area contributed by atoms with Gasteiger partial charge in [-0.2, -0.15) is 0 Å². The minimum Gasteiger partial charge on any atom is -0.381 e. The quantitative estimate of drug-likeness (QED) is 0.846. The number of rotatable bonds is 4. The number of ether oxygens (including phenoxy) is 2. The van der Waals surface area contributed by atoms with Crippen molar-refractivity contribution in [3.8, 4) is 0 Å². The predicted octanol–water partition coefficient (Wildman–Crippen LogP) is 2.65. The number of aryl methyl sites for hydroxylation is 1. The van der Waals surface area contributed by atoms with Crippen LogP contribution in [0, 0.1) is 6.92 Å². The van der Waals surface area contributed by atoms with Crippen molar-refractivity contribution in [2.24, 2.45) is 0 Å². The summed E-state index contributed by atoms with van der Waals surface area (Å²) < 4.78 is 12.1. The van der Waals surface area contributed by atoms with E-state index in [-0.39, 0.29) is 0 Å². The van der Waals surface area contributed by atoms with Crippen molar-refractivity contribution in [1.82, 2.24) is 9.88 Å². The highest BCUT2D eigenvalue weighted by Gasteiger charge is 2.50. The Kier molecular flexibility index (Phi) is 4.63. The van der Waals surface area contributed by atoms with Gasteiger partial charge >= 0.3 is 0 Å². The first-order valence-corrected chi connectivity index (χ1v) is 9.71. The van der Waals surface area contributed by atoms with Crippen molar-refractivity contribution >= 4 is 11.8 Å². The molecule has 3 aliphatic heterocycles. The first kappa shape index (κ1) is 15.9. The normalized spacial score (nSPS) is 28.1. The fourth-order valence-corrected chi connectivity index (χ4v) is 5.59. The SMILES string of the molecule is Cc1cccc(CO[C@@H]2CSC3(C2)CN(C2CCOCC2)C3)n1. The second kappa shape index (κ2) is 6.71. The van der Waals surface area contributed by atoms with E-state index in [1.165, 1.54) is 32.4 Å². The first-order chi connectivity index (χ1) is 11.2. The molecule has 0 unspecified atom stereocenters. The van der Waals surface area contributed by atoms with Crippen LogP contribution in [0.15, 0.2) is 18.2 Å². The molecule has 0 bridgehead atoms. The molecule has 0 radical (unpaired) electrons. The molecule has 0 N–H and O–H groups in total. The van der Waals surface area contributed by atoms with Crippen LogP contribution in [0.3, 0.4) is 0 Å². The van der Waals surface area contributed by atoms with E-state index in [1.807, 2.05) is 13.0 Å². The molecule has 0 aromatic carbocycles. The molecule has 0 amide bonds. The molecule has 126 valence electrons. The topological polar surface area (TPSA) is 34.6 Å². The third kappa shape index (κ3) is 3.58. The molecular weight excluding hydrogens is 308 g/mol. The van der Waals surface area contributed by atoms with Crippen molar-refractivity contribution < 1.29 is 9.47 Å². The minimum absolute atomic E-state index is 0.388. The van der Waals surface area contributed by atoms with E-state index in [4.69, 9.17) is 9.47 Å². The van der Waals surface area contributed by atoms with Gasteiger partial charge in [0.1, 0.15) is 0 Å². The van der Waals surface area contributed by atoms with E-state index in [1.54, 1.807) is 0 Å². The van der Waals surface area contributed by atoms with Crippen LogP contribution in [0.25, 0.3) is 0 Å². The van der Waals surface area contributed by atoms with Crippen LogP contribution in [0.5, 0.6) is 0 Å². The highest BCUT2D eigenvalue weighted by Crippen LogP contribution is 2.47. The number of pyridine rings is 1. The van der Waals surface area contributed by atoms with Crippen LogP contribution >= 0.6 is 11.8 Å². The number of likely N-dealkylation sites (tertiary alicyclic amines) is 1. The maximum Gasteiger partial charge on any atom is 0.0892 e. The van der Waals surface area contributed by atoms with Gasteiger partial charge in [-0.3, -0.25) is 9.88 Å². The summed E-state index contributed by atoms with van der Waals surface area (Å²) in [5.74, 6) is 1.13. The van der Waals surface area contributed by atoms with Gasteiger partial charge in [-0.1, -0.05) is 6.07 Å². The second-order valence-electron chi connectivity index (χ2n) is 7.15. The molecule has 0 aliphatic carbocycles.